The lowest BCUT2D eigenvalue weighted by molar-refractivity contribution is 0.669. The van der Waals surface area contributed by atoms with Crippen LogP contribution in [0.2, 0.25) is 0 Å². The van der Waals surface area contributed by atoms with Gasteiger partial charge in [0.2, 0.25) is 5.95 Å². The average Bonchev–Trinajstić information content (AvgIpc) is 4.04. The Bertz CT molecular complexity index is 4250. The van der Waals surface area contributed by atoms with Gasteiger partial charge in [-0.2, -0.15) is 9.97 Å². The van der Waals surface area contributed by atoms with Crippen LogP contribution < -0.4 is 0 Å². The minimum absolute atomic E-state index is 0.545. The molecular formula is C60H40N4OS. The summed E-state index contributed by atoms with van der Waals surface area (Å²) in [4.78, 5) is 16.1. The lowest BCUT2D eigenvalue weighted by Crippen LogP contribution is -2.07. The first kappa shape index (κ1) is 38.3. The van der Waals surface area contributed by atoms with Crippen LogP contribution in [0.25, 0.3) is 136 Å². The minimum Gasteiger partial charge on any atom is -0.456 e. The van der Waals surface area contributed by atoms with E-state index in [1.54, 1.807) is 0 Å². The highest BCUT2D eigenvalue weighted by Crippen LogP contribution is 2.44. The quantitative estimate of drug-likeness (QED) is 0.177. The molecule has 0 atom stereocenters. The molecule has 66 heavy (non-hydrogen) atoms. The van der Waals surface area contributed by atoms with Crippen molar-refractivity contribution in [1.29, 1.82) is 0 Å². The van der Waals surface area contributed by atoms with Crippen molar-refractivity contribution in [2.75, 3.05) is 0 Å². The number of fused-ring (bicyclic) bond motifs is 13. The molecule has 0 N–H and O–H groups in total. The summed E-state index contributed by atoms with van der Waals surface area (Å²) in [6.45, 7) is 4.25. The van der Waals surface area contributed by atoms with Crippen molar-refractivity contribution in [3.8, 4) is 39.9 Å². The molecule has 0 spiro atoms. The van der Waals surface area contributed by atoms with E-state index in [2.05, 4.69) is 194 Å². The zero-order valence-electron chi connectivity index (χ0n) is 36.3. The molecule has 0 aliphatic heterocycles. The van der Waals surface area contributed by atoms with Crippen molar-refractivity contribution in [2.24, 2.45) is 0 Å². The van der Waals surface area contributed by atoms with E-state index in [0.29, 0.717) is 17.6 Å². The summed E-state index contributed by atoms with van der Waals surface area (Å²) < 4.78 is 11.2. The van der Waals surface area contributed by atoms with Gasteiger partial charge in [0.25, 0.3) is 0 Å². The third-order valence-electron chi connectivity index (χ3n) is 12.8. The van der Waals surface area contributed by atoms with Crippen LogP contribution in [0.15, 0.2) is 199 Å². The van der Waals surface area contributed by atoms with E-state index in [4.69, 9.17) is 19.4 Å². The molecule has 5 nitrogen and oxygen atoms in total. The maximum atomic E-state index is 6.40. The van der Waals surface area contributed by atoms with Crippen molar-refractivity contribution >= 4 is 108 Å². The monoisotopic (exact) mass is 864 g/mol. The van der Waals surface area contributed by atoms with Crippen LogP contribution in [0.1, 0.15) is 20.3 Å². The van der Waals surface area contributed by atoms with Crippen molar-refractivity contribution in [3.05, 3.63) is 194 Å². The SMILES string of the molecule is CCC.c1ccc2cc(-c3nc(-c4ccc5c(c4)oc4ccccc45)nc(-n4c5cc6ccccc6cc5c5cccc(-c6ccc7sc8ccc9ccccc9c8c7c6)c54)n3)ccc2c1. The fourth-order valence-corrected chi connectivity index (χ4v) is 10.9. The van der Waals surface area contributed by atoms with E-state index in [0.717, 1.165) is 82.2 Å². The summed E-state index contributed by atoms with van der Waals surface area (Å²) in [5, 5.41) is 14.1. The van der Waals surface area contributed by atoms with Gasteiger partial charge >= 0.3 is 0 Å². The summed E-state index contributed by atoms with van der Waals surface area (Å²) in [6.07, 6.45) is 1.25. The number of thiophene rings is 1. The number of rotatable bonds is 4. The highest BCUT2D eigenvalue weighted by atomic mass is 32.1. The van der Waals surface area contributed by atoms with Gasteiger partial charge in [0.05, 0.1) is 11.0 Å². The Balaban J connectivity index is 0.00000141. The second kappa shape index (κ2) is 15.2. The fraction of sp³-hybridized carbons (Fsp3) is 0.0500. The van der Waals surface area contributed by atoms with E-state index >= 15 is 0 Å². The first-order chi connectivity index (χ1) is 32.6. The second-order valence-electron chi connectivity index (χ2n) is 17.1. The standard InChI is InChI=1S/C57H32N4OS.C3H8/c1-2-12-35-28-39(21-20-33(35)10-1)55-58-56(40-22-25-44-43-16-7-8-19-49(43)62-50(44)32-40)60-57(59-55)61-48-31-37-14-4-3-13-36(37)29-46(48)45-18-9-17-42(54(45)61)38-24-26-51-47(30-38)53-41-15-6-5-11-34(41)23-27-52(53)63-51;1-3-2/h1-32H;3H2,1-2H3. The molecule has 0 bridgehead atoms. The van der Waals surface area contributed by atoms with Gasteiger partial charge in [0, 0.05) is 58.4 Å². The Hall–Kier alpha value is -8.19. The zero-order valence-corrected chi connectivity index (χ0v) is 37.1. The lowest BCUT2D eigenvalue weighted by atomic mass is 9.98. The van der Waals surface area contributed by atoms with E-state index in [-0.39, 0.29) is 0 Å². The number of aromatic nitrogens is 4. The topological polar surface area (TPSA) is 56.7 Å². The van der Waals surface area contributed by atoms with Gasteiger partial charge in [-0.15, -0.1) is 11.3 Å². The predicted octanol–water partition coefficient (Wildman–Crippen LogP) is 17.1. The molecule has 4 aromatic heterocycles. The molecular weight excluding hydrogens is 825 g/mol. The molecule has 312 valence electrons. The Morgan fingerprint density at radius 1 is 0.424 bits per heavy atom. The molecule has 0 aliphatic rings. The van der Waals surface area contributed by atoms with Gasteiger partial charge in [-0.3, -0.25) is 4.57 Å². The summed E-state index contributed by atoms with van der Waals surface area (Å²) >= 11 is 1.85. The van der Waals surface area contributed by atoms with Crippen LogP contribution in [0.4, 0.5) is 0 Å². The molecule has 0 aliphatic carbocycles. The predicted molar refractivity (Wildman–Crippen MR) is 279 cm³/mol. The molecule has 0 fully saturated rings. The number of hydrogen-bond acceptors (Lipinski definition) is 5. The van der Waals surface area contributed by atoms with Gasteiger partial charge in [-0.25, -0.2) is 4.98 Å². The van der Waals surface area contributed by atoms with Crippen molar-refractivity contribution in [1.82, 2.24) is 19.5 Å². The summed E-state index contributed by atoms with van der Waals surface area (Å²) in [5.74, 6) is 1.71. The van der Waals surface area contributed by atoms with E-state index < -0.39 is 0 Å². The fourth-order valence-electron chi connectivity index (χ4n) is 9.82. The molecule has 0 saturated carbocycles. The van der Waals surface area contributed by atoms with Crippen LogP contribution in [-0.2, 0) is 0 Å². The number of nitrogens with zero attached hydrogens (tertiary/aromatic N) is 4. The molecule has 0 radical (unpaired) electrons. The van der Waals surface area contributed by atoms with Crippen LogP contribution in [0.3, 0.4) is 0 Å². The van der Waals surface area contributed by atoms with Gasteiger partial charge in [-0.05, 0) is 92.5 Å². The molecule has 0 unspecified atom stereocenters. The number of benzene rings is 10. The van der Waals surface area contributed by atoms with Crippen LogP contribution >= 0.6 is 11.3 Å². The number of furan rings is 1. The molecule has 6 heteroatoms. The molecule has 10 aromatic carbocycles. The van der Waals surface area contributed by atoms with Crippen molar-refractivity contribution in [3.63, 3.8) is 0 Å². The highest BCUT2D eigenvalue weighted by Gasteiger charge is 2.22. The Morgan fingerprint density at radius 2 is 1.03 bits per heavy atom. The van der Waals surface area contributed by atoms with Gasteiger partial charge < -0.3 is 4.42 Å². The average molecular weight is 865 g/mol. The Morgan fingerprint density at radius 3 is 1.85 bits per heavy atom. The minimum atomic E-state index is 0.545. The van der Waals surface area contributed by atoms with Crippen LogP contribution in [-0.4, -0.2) is 19.5 Å². The highest BCUT2D eigenvalue weighted by molar-refractivity contribution is 7.26. The molecule has 14 aromatic rings. The first-order valence-electron chi connectivity index (χ1n) is 22.6. The van der Waals surface area contributed by atoms with Crippen LogP contribution in [0.5, 0.6) is 0 Å². The van der Waals surface area contributed by atoms with Gasteiger partial charge in [-0.1, -0.05) is 160 Å². The molecule has 4 heterocycles. The molecule has 0 saturated heterocycles. The summed E-state index contributed by atoms with van der Waals surface area (Å²) in [6, 6.07) is 69.3. The molecule has 14 rings (SSSR count). The lowest BCUT2D eigenvalue weighted by Gasteiger charge is -2.13. The molecule has 0 amide bonds. The third kappa shape index (κ3) is 6.10. The normalized spacial score (nSPS) is 11.8. The first-order valence-corrected chi connectivity index (χ1v) is 23.4. The Kier molecular flexibility index (Phi) is 8.83. The smallest absolute Gasteiger partial charge is 0.238 e. The summed E-state index contributed by atoms with van der Waals surface area (Å²) in [5.41, 5.74) is 7.71. The van der Waals surface area contributed by atoms with E-state index in [1.807, 2.05) is 29.5 Å². The van der Waals surface area contributed by atoms with E-state index in [1.165, 1.54) is 42.8 Å². The van der Waals surface area contributed by atoms with E-state index in [9.17, 15) is 0 Å². The van der Waals surface area contributed by atoms with Gasteiger partial charge in [0.1, 0.15) is 11.2 Å². The summed E-state index contributed by atoms with van der Waals surface area (Å²) in [7, 11) is 0. The maximum absolute atomic E-state index is 6.40. The van der Waals surface area contributed by atoms with Gasteiger partial charge in [0.15, 0.2) is 11.6 Å². The van der Waals surface area contributed by atoms with Crippen LogP contribution in [0, 0.1) is 0 Å². The maximum Gasteiger partial charge on any atom is 0.238 e. The second-order valence-corrected chi connectivity index (χ2v) is 18.2. The largest absolute Gasteiger partial charge is 0.456 e. The number of para-hydroxylation sites is 2. The zero-order chi connectivity index (χ0) is 43.9. The Labute approximate surface area is 383 Å². The number of hydrogen-bond donors (Lipinski definition) is 0. The van der Waals surface area contributed by atoms with Crippen molar-refractivity contribution in [2.45, 2.75) is 20.3 Å². The third-order valence-corrected chi connectivity index (χ3v) is 13.9. The van der Waals surface area contributed by atoms with Crippen molar-refractivity contribution < 1.29 is 4.42 Å².